The molecule has 0 heterocycles. The van der Waals surface area contributed by atoms with E-state index in [1.165, 1.54) is 12.5 Å². The smallest absolute Gasteiger partial charge is 0.273 e. The highest BCUT2D eigenvalue weighted by Crippen LogP contribution is 2.48. The van der Waals surface area contributed by atoms with E-state index >= 15 is 0 Å². The number of halogens is 2. The predicted octanol–water partition coefficient (Wildman–Crippen LogP) is 3.44. The summed E-state index contributed by atoms with van der Waals surface area (Å²) >= 11 is 0. The second kappa shape index (κ2) is 4.37. The average molecular weight is 239 g/mol. The lowest BCUT2D eigenvalue weighted by atomic mass is 9.93. The first kappa shape index (κ1) is 12.5. The van der Waals surface area contributed by atoms with Gasteiger partial charge >= 0.3 is 0 Å². The van der Waals surface area contributed by atoms with Gasteiger partial charge in [0, 0.05) is 23.9 Å². The number of hydrogen-bond acceptors (Lipinski definition) is 1. The number of hydrogen-bond donors (Lipinski definition) is 1. The maximum absolute atomic E-state index is 13.5. The lowest BCUT2D eigenvalue weighted by Gasteiger charge is -2.18. The summed E-state index contributed by atoms with van der Waals surface area (Å²) in [4.78, 5) is 0. The number of benzene rings is 1. The third-order valence-corrected chi connectivity index (χ3v) is 3.73. The Hall–Kier alpha value is -0.960. The van der Waals surface area contributed by atoms with Crippen LogP contribution in [0, 0.1) is 0 Å². The maximum atomic E-state index is 13.5. The van der Waals surface area contributed by atoms with E-state index < -0.39 is 5.92 Å². The summed E-state index contributed by atoms with van der Waals surface area (Å²) in [7, 11) is 1.93. The summed E-state index contributed by atoms with van der Waals surface area (Å²) < 4.78 is 26.9. The minimum absolute atomic E-state index is 0.129. The van der Waals surface area contributed by atoms with E-state index in [0.29, 0.717) is 0 Å². The quantitative estimate of drug-likeness (QED) is 0.830. The molecule has 2 rings (SSSR count). The van der Waals surface area contributed by atoms with Gasteiger partial charge in [-0.25, -0.2) is 8.78 Å². The first-order chi connectivity index (χ1) is 8.04. The molecule has 1 fully saturated rings. The molecule has 0 aromatic heterocycles. The number of rotatable bonds is 5. The summed E-state index contributed by atoms with van der Waals surface area (Å²) in [5.74, 6) is -2.70. The third-order valence-electron chi connectivity index (χ3n) is 3.73. The zero-order valence-corrected chi connectivity index (χ0v) is 10.4. The largest absolute Gasteiger partial charge is 0.319 e. The lowest BCUT2D eigenvalue weighted by Crippen LogP contribution is -2.23. The molecule has 1 nitrogen and oxygen atoms in total. The first-order valence-corrected chi connectivity index (χ1v) is 6.17. The van der Waals surface area contributed by atoms with Gasteiger partial charge in [0.05, 0.1) is 0 Å². The van der Waals surface area contributed by atoms with Crippen LogP contribution in [0.4, 0.5) is 8.78 Å². The Morgan fingerprint density at radius 3 is 2.24 bits per heavy atom. The zero-order valence-electron chi connectivity index (χ0n) is 10.4. The molecule has 0 amide bonds. The van der Waals surface area contributed by atoms with Gasteiger partial charge in [-0.3, -0.25) is 0 Å². The van der Waals surface area contributed by atoms with Crippen LogP contribution in [0.1, 0.15) is 37.3 Å². The van der Waals surface area contributed by atoms with Gasteiger partial charge in [-0.2, -0.15) is 0 Å². The summed E-state index contributed by atoms with van der Waals surface area (Å²) in [6, 6.07) is 6.88. The molecule has 1 N–H and O–H groups in total. The van der Waals surface area contributed by atoms with Crippen LogP contribution in [0.2, 0.25) is 0 Å². The Morgan fingerprint density at radius 2 is 1.82 bits per heavy atom. The molecule has 0 radical (unpaired) electrons. The van der Waals surface area contributed by atoms with Crippen LogP contribution < -0.4 is 5.32 Å². The molecule has 1 aromatic rings. The lowest BCUT2D eigenvalue weighted by molar-refractivity contribution is -0.00830. The van der Waals surface area contributed by atoms with Crippen LogP contribution in [0.5, 0.6) is 0 Å². The van der Waals surface area contributed by atoms with Gasteiger partial charge in [-0.1, -0.05) is 31.2 Å². The molecule has 1 aromatic carbocycles. The van der Waals surface area contributed by atoms with E-state index in [1.807, 2.05) is 19.2 Å². The van der Waals surface area contributed by atoms with Crippen molar-refractivity contribution in [2.75, 3.05) is 13.6 Å². The highest BCUT2D eigenvalue weighted by atomic mass is 19.3. The molecule has 17 heavy (non-hydrogen) atoms. The van der Waals surface area contributed by atoms with Crippen molar-refractivity contribution in [3.05, 3.63) is 35.4 Å². The second-order valence-electron chi connectivity index (χ2n) is 4.95. The maximum Gasteiger partial charge on any atom is 0.273 e. The summed E-state index contributed by atoms with van der Waals surface area (Å²) in [5.41, 5.74) is 1.51. The molecular weight excluding hydrogens is 220 g/mol. The normalized spacial score (nSPS) is 18.1. The average Bonchev–Trinajstić information content (AvgIpc) is 3.11. The van der Waals surface area contributed by atoms with Crippen molar-refractivity contribution in [3.8, 4) is 0 Å². The van der Waals surface area contributed by atoms with Gasteiger partial charge in [-0.15, -0.1) is 0 Å². The minimum atomic E-state index is -2.70. The van der Waals surface area contributed by atoms with Crippen molar-refractivity contribution in [1.29, 1.82) is 0 Å². The highest BCUT2D eigenvalue weighted by molar-refractivity contribution is 5.35. The van der Waals surface area contributed by atoms with E-state index in [0.717, 1.165) is 19.4 Å². The molecule has 0 atom stereocenters. The van der Waals surface area contributed by atoms with E-state index in [2.05, 4.69) is 5.32 Å². The fourth-order valence-corrected chi connectivity index (χ4v) is 2.33. The molecule has 1 aliphatic carbocycles. The van der Waals surface area contributed by atoms with Crippen molar-refractivity contribution in [3.63, 3.8) is 0 Å². The Labute approximate surface area is 101 Å². The van der Waals surface area contributed by atoms with Crippen LogP contribution in [0.3, 0.4) is 0 Å². The summed E-state index contributed by atoms with van der Waals surface area (Å²) in [5, 5.41) is 3.18. The Morgan fingerprint density at radius 1 is 1.24 bits per heavy atom. The fraction of sp³-hybridized carbons (Fsp3) is 0.571. The summed E-state index contributed by atoms with van der Waals surface area (Å²) in [6.07, 6.45) is 2.16. The van der Waals surface area contributed by atoms with Gasteiger partial charge in [0.15, 0.2) is 0 Å². The molecule has 0 spiro atoms. The van der Waals surface area contributed by atoms with Crippen molar-refractivity contribution >= 4 is 0 Å². The van der Waals surface area contributed by atoms with Crippen molar-refractivity contribution in [1.82, 2.24) is 5.32 Å². The molecule has 1 saturated carbocycles. The van der Waals surface area contributed by atoms with Gasteiger partial charge in [0.2, 0.25) is 0 Å². The Kier molecular flexibility index (Phi) is 3.21. The number of alkyl halides is 2. The molecule has 0 saturated heterocycles. The highest BCUT2D eigenvalue weighted by Gasteiger charge is 2.43. The van der Waals surface area contributed by atoms with Gasteiger partial charge in [0.25, 0.3) is 5.92 Å². The van der Waals surface area contributed by atoms with Crippen LogP contribution >= 0.6 is 0 Å². The van der Waals surface area contributed by atoms with Crippen LogP contribution in [0.15, 0.2) is 24.3 Å². The zero-order chi connectivity index (χ0) is 12.5. The molecule has 1 aliphatic rings. The van der Waals surface area contributed by atoms with E-state index in [-0.39, 0.29) is 17.4 Å². The van der Waals surface area contributed by atoms with Crippen molar-refractivity contribution in [2.24, 2.45) is 0 Å². The SMILES string of the molecule is CCC(F)(F)c1ccc(C2(CNC)CC2)cc1. The minimum Gasteiger partial charge on any atom is -0.319 e. The van der Waals surface area contributed by atoms with Crippen molar-refractivity contribution < 1.29 is 8.78 Å². The molecular formula is C14H19F2N. The van der Waals surface area contributed by atoms with Crippen LogP contribution in [-0.2, 0) is 11.3 Å². The number of likely N-dealkylation sites (N-methyl/N-ethyl adjacent to an activating group) is 1. The van der Waals surface area contributed by atoms with Crippen LogP contribution in [0.25, 0.3) is 0 Å². The monoisotopic (exact) mass is 239 g/mol. The fourth-order valence-electron chi connectivity index (χ4n) is 2.33. The molecule has 3 heteroatoms. The van der Waals surface area contributed by atoms with Gasteiger partial charge in [0.1, 0.15) is 0 Å². The molecule has 0 bridgehead atoms. The summed E-state index contributed by atoms with van der Waals surface area (Å²) in [6.45, 7) is 2.44. The van der Waals surface area contributed by atoms with Crippen molar-refractivity contribution in [2.45, 2.75) is 37.5 Å². The molecule has 94 valence electrons. The Balaban J connectivity index is 2.19. The Bertz CT molecular complexity index is 380. The van der Waals surface area contributed by atoms with E-state index in [9.17, 15) is 8.78 Å². The molecule has 0 unspecified atom stereocenters. The predicted molar refractivity (Wildman–Crippen MR) is 65.5 cm³/mol. The van der Waals surface area contributed by atoms with Gasteiger partial charge < -0.3 is 5.32 Å². The third kappa shape index (κ3) is 2.34. The van der Waals surface area contributed by atoms with Gasteiger partial charge in [-0.05, 0) is 25.5 Å². The van der Waals surface area contributed by atoms with E-state index in [4.69, 9.17) is 0 Å². The first-order valence-electron chi connectivity index (χ1n) is 6.17. The second-order valence-corrected chi connectivity index (χ2v) is 4.95. The topological polar surface area (TPSA) is 12.0 Å². The molecule has 0 aliphatic heterocycles. The van der Waals surface area contributed by atoms with Crippen LogP contribution in [-0.4, -0.2) is 13.6 Å². The standard InChI is InChI=1S/C14H19F2N/c1-3-14(15,16)12-6-4-11(5-7-12)13(8-9-13)10-17-2/h4-7,17H,3,8-10H2,1-2H3. The van der Waals surface area contributed by atoms with E-state index in [1.54, 1.807) is 12.1 Å². The number of nitrogens with one attached hydrogen (secondary N) is 1.